The number of alkyl halides is 1. The number of amides is 1. The first-order valence-corrected chi connectivity index (χ1v) is 9.26. The quantitative estimate of drug-likeness (QED) is 0.395. The summed E-state index contributed by atoms with van der Waals surface area (Å²) in [7, 11) is 0. The summed E-state index contributed by atoms with van der Waals surface area (Å²) >= 11 is 3.40. The van der Waals surface area contributed by atoms with Gasteiger partial charge in [0.05, 0.1) is 11.8 Å². The second-order valence-corrected chi connectivity index (χ2v) is 6.61. The van der Waals surface area contributed by atoms with Gasteiger partial charge in [-0.3, -0.25) is 9.59 Å². The summed E-state index contributed by atoms with van der Waals surface area (Å²) in [5.74, 6) is -1.51. The van der Waals surface area contributed by atoms with Gasteiger partial charge in [0.25, 0.3) is 0 Å². The number of halogens is 1. The van der Waals surface area contributed by atoms with Crippen LogP contribution >= 0.6 is 15.9 Å². The summed E-state index contributed by atoms with van der Waals surface area (Å²) < 4.78 is 0. The number of hydrogen-bond acceptors (Lipinski definition) is 2. The van der Waals surface area contributed by atoms with Crippen LogP contribution in [-0.4, -0.2) is 17.0 Å². The fourth-order valence-corrected chi connectivity index (χ4v) is 3.34. The highest BCUT2D eigenvalue weighted by atomic mass is 79.9. The van der Waals surface area contributed by atoms with E-state index in [-0.39, 0.29) is 5.78 Å². The molecule has 0 fully saturated rings. The zero-order valence-corrected chi connectivity index (χ0v) is 15.1. The lowest BCUT2D eigenvalue weighted by atomic mass is 9.78. The summed E-state index contributed by atoms with van der Waals surface area (Å²) in [4.78, 5) is 25.2. The van der Waals surface area contributed by atoms with E-state index < -0.39 is 17.7 Å². The van der Waals surface area contributed by atoms with Crippen LogP contribution in [0.1, 0.15) is 41.1 Å². The van der Waals surface area contributed by atoms with E-state index in [9.17, 15) is 9.59 Å². The third-order valence-electron chi connectivity index (χ3n) is 4.17. The third-order valence-corrected chi connectivity index (χ3v) is 4.73. The number of rotatable bonds is 9. The molecule has 0 aromatic heterocycles. The maximum Gasteiger partial charge on any atom is 0.221 e. The minimum Gasteiger partial charge on any atom is -0.369 e. The fraction of sp³-hybridized carbons (Fsp3) is 0.300. The Morgan fingerprint density at radius 3 is 2.04 bits per heavy atom. The van der Waals surface area contributed by atoms with E-state index >= 15 is 0 Å². The zero-order chi connectivity index (χ0) is 17.4. The van der Waals surface area contributed by atoms with Gasteiger partial charge in [0, 0.05) is 10.9 Å². The molecular formula is C20H22BrNO2. The Bertz CT molecular complexity index is 658. The number of nitrogens with two attached hydrogens (primary N) is 1. The summed E-state index contributed by atoms with van der Waals surface area (Å²) in [6.07, 6.45) is 2.41. The molecule has 4 heteroatoms. The van der Waals surface area contributed by atoms with Crippen molar-refractivity contribution >= 4 is 27.6 Å². The highest BCUT2D eigenvalue weighted by molar-refractivity contribution is 9.09. The molecule has 2 aromatic carbocycles. The SMILES string of the molecule is NC(=O)C(CCCCBr)C(C(=O)c1ccccc1)c1ccccc1. The van der Waals surface area contributed by atoms with Crippen LogP contribution < -0.4 is 5.73 Å². The van der Waals surface area contributed by atoms with Crippen molar-refractivity contribution in [2.75, 3.05) is 5.33 Å². The first-order valence-electron chi connectivity index (χ1n) is 8.14. The van der Waals surface area contributed by atoms with Crippen LogP contribution in [0.5, 0.6) is 0 Å². The van der Waals surface area contributed by atoms with Crippen LogP contribution in [-0.2, 0) is 4.79 Å². The number of Topliss-reactive ketones (excluding diaryl/α,β-unsaturated/α-hetero) is 1. The van der Waals surface area contributed by atoms with E-state index in [2.05, 4.69) is 15.9 Å². The molecule has 0 spiro atoms. The smallest absolute Gasteiger partial charge is 0.221 e. The molecule has 2 atom stereocenters. The molecular weight excluding hydrogens is 366 g/mol. The predicted octanol–water partition coefficient (Wildman–Crippen LogP) is 4.32. The number of benzene rings is 2. The van der Waals surface area contributed by atoms with Crippen molar-refractivity contribution in [2.24, 2.45) is 11.7 Å². The van der Waals surface area contributed by atoms with Crippen molar-refractivity contribution in [3.8, 4) is 0 Å². The van der Waals surface area contributed by atoms with Gasteiger partial charge in [-0.05, 0) is 18.4 Å². The normalized spacial score (nSPS) is 13.2. The number of hydrogen-bond donors (Lipinski definition) is 1. The number of carbonyl (C=O) groups is 2. The van der Waals surface area contributed by atoms with Gasteiger partial charge in [-0.15, -0.1) is 0 Å². The minimum absolute atomic E-state index is 0.0514. The number of ketones is 1. The molecule has 0 saturated heterocycles. The Morgan fingerprint density at radius 1 is 0.917 bits per heavy atom. The molecule has 126 valence electrons. The first kappa shape index (κ1) is 18.4. The summed E-state index contributed by atoms with van der Waals surface area (Å²) in [5, 5.41) is 0.876. The van der Waals surface area contributed by atoms with Crippen molar-refractivity contribution in [2.45, 2.75) is 25.2 Å². The average Bonchev–Trinajstić information content (AvgIpc) is 2.62. The van der Waals surface area contributed by atoms with Gasteiger partial charge in [-0.2, -0.15) is 0 Å². The molecule has 1 amide bonds. The maximum atomic E-state index is 13.1. The maximum absolute atomic E-state index is 13.1. The molecule has 3 nitrogen and oxygen atoms in total. The molecule has 2 N–H and O–H groups in total. The second kappa shape index (κ2) is 9.38. The molecule has 0 aliphatic carbocycles. The molecule has 24 heavy (non-hydrogen) atoms. The van der Waals surface area contributed by atoms with Crippen molar-refractivity contribution < 1.29 is 9.59 Å². The second-order valence-electron chi connectivity index (χ2n) is 5.81. The van der Waals surface area contributed by atoms with E-state index in [0.717, 1.165) is 23.7 Å². The van der Waals surface area contributed by atoms with E-state index in [1.54, 1.807) is 12.1 Å². The van der Waals surface area contributed by atoms with Crippen LogP contribution in [0.25, 0.3) is 0 Å². The van der Waals surface area contributed by atoms with Crippen LogP contribution in [0.3, 0.4) is 0 Å². The number of primary amides is 1. The Hall–Kier alpha value is -1.94. The molecule has 0 radical (unpaired) electrons. The zero-order valence-electron chi connectivity index (χ0n) is 13.5. The lowest BCUT2D eigenvalue weighted by Gasteiger charge is -2.24. The highest BCUT2D eigenvalue weighted by Gasteiger charge is 2.33. The Labute approximate surface area is 151 Å². The molecule has 2 unspecified atom stereocenters. The molecule has 0 aliphatic rings. The standard InChI is InChI=1S/C20H22BrNO2/c21-14-8-7-13-17(20(22)24)18(15-9-3-1-4-10-15)19(23)16-11-5-2-6-12-16/h1-6,9-12,17-18H,7-8,13-14H2,(H2,22,24). The molecule has 0 heterocycles. The lowest BCUT2D eigenvalue weighted by Crippen LogP contribution is -2.33. The van der Waals surface area contributed by atoms with Crippen LogP contribution in [0.4, 0.5) is 0 Å². The predicted molar refractivity (Wildman–Crippen MR) is 100 cm³/mol. The van der Waals surface area contributed by atoms with Gasteiger partial charge in [0.15, 0.2) is 5.78 Å². The van der Waals surface area contributed by atoms with Crippen LogP contribution in [0.15, 0.2) is 60.7 Å². The molecule has 0 aliphatic heterocycles. The number of carbonyl (C=O) groups excluding carboxylic acids is 2. The number of unbranched alkanes of at least 4 members (excludes halogenated alkanes) is 1. The van der Waals surface area contributed by atoms with Gasteiger partial charge in [0.1, 0.15) is 0 Å². The van der Waals surface area contributed by atoms with Crippen molar-refractivity contribution in [3.63, 3.8) is 0 Å². The van der Waals surface area contributed by atoms with Crippen molar-refractivity contribution in [1.82, 2.24) is 0 Å². The van der Waals surface area contributed by atoms with E-state index in [4.69, 9.17) is 5.73 Å². The topological polar surface area (TPSA) is 60.2 Å². The van der Waals surface area contributed by atoms with Gasteiger partial charge >= 0.3 is 0 Å². The molecule has 2 rings (SSSR count). The Kier molecular flexibility index (Phi) is 7.19. The van der Waals surface area contributed by atoms with E-state index in [1.165, 1.54) is 0 Å². The summed E-state index contributed by atoms with van der Waals surface area (Å²) in [6.45, 7) is 0. The molecule has 0 bridgehead atoms. The summed E-state index contributed by atoms with van der Waals surface area (Å²) in [5.41, 5.74) is 7.12. The average molecular weight is 388 g/mol. The van der Waals surface area contributed by atoms with Gasteiger partial charge in [0.2, 0.25) is 5.91 Å². The fourth-order valence-electron chi connectivity index (χ4n) is 2.94. The third kappa shape index (κ3) is 4.78. The van der Waals surface area contributed by atoms with E-state index in [0.29, 0.717) is 12.0 Å². The van der Waals surface area contributed by atoms with Crippen molar-refractivity contribution in [1.29, 1.82) is 0 Å². The molecule has 2 aromatic rings. The lowest BCUT2D eigenvalue weighted by molar-refractivity contribution is -0.122. The Balaban J connectivity index is 2.38. The summed E-state index contributed by atoms with van der Waals surface area (Å²) in [6, 6.07) is 18.6. The van der Waals surface area contributed by atoms with E-state index in [1.807, 2.05) is 48.5 Å². The van der Waals surface area contributed by atoms with Gasteiger partial charge < -0.3 is 5.73 Å². The minimum atomic E-state index is -0.540. The van der Waals surface area contributed by atoms with Crippen molar-refractivity contribution in [3.05, 3.63) is 71.8 Å². The van der Waals surface area contributed by atoms with Gasteiger partial charge in [-0.25, -0.2) is 0 Å². The largest absolute Gasteiger partial charge is 0.369 e. The highest BCUT2D eigenvalue weighted by Crippen LogP contribution is 2.32. The first-order chi connectivity index (χ1) is 11.6. The Morgan fingerprint density at radius 2 is 1.50 bits per heavy atom. The monoisotopic (exact) mass is 387 g/mol. The van der Waals surface area contributed by atoms with Crippen LogP contribution in [0.2, 0.25) is 0 Å². The molecule has 0 saturated carbocycles. The van der Waals surface area contributed by atoms with Crippen LogP contribution in [0, 0.1) is 5.92 Å². The van der Waals surface area contributed by atoms with Gasteiger partial charge in [-0.1, -0.05) is 83.0 Å².